The average Bonchev–Trinajstić information content (AvgIpc) is 2.06. The van der Waals surface area contributed by atoms with Gasteiger partial charge in [0.25, 0.3) is 0 Å². The van der Waals surface area contributed by atoms with Crippen molar-refractivity contribution >= 4 is 0 Å². The van der Waals surface area contributed by atoms with Crippen LogP contribution >= 0.6 is 0 Å². The average molecular weight is 137 g/mol. The lowest BCUT2D eigenvalue weighted by Crippen LogP contribution is -2.46. The minimum absolute atomic E-state index is 0.808. The van der Waals surface area contributed by atoms with Crippen LogP contribution in [0.1, 0.15) is 12.8 Å². The van der Waals surface area contributed by atoms with Gasteiger partial charge in [-0.2, -0.15) is 0 Å². The van der Waals surface area contributed by atoms with E-state index in [1.807, 2.05) is 0 Å². The van der Waals surface area contributed by atoms with Gasteiger partial charge in [-0.1, -0.05) is 6.08 Å². The number of rotatable bonds is 1. The van der Waals surface area contributed by atoms with Crippen LogP contribution in [0.15, 0.2) is 12.7 Å². The SMILES string of the molecule is C=CC1CN2CCC1CC2. The van der Waals surface area contributed by atoms with Crippen molar-refractivity contribution in [3.63, 3.8) is 0 Å². The summed E-state index contributed by atoms with van der Waals surface area (Å²) in [5, 5.41) is 0. The van der Waals surface area contributed by atoms with Gasteiger partial charge >= 0.3 is 0 Å². The summed E-state index contributed by atoms with van der Waals surface area (Å²) >= 11 is 0. The Morgan fingerprint density at radius 2 is 2.00 bits per heavy atom. The Kier molecular flexibility index (Phi) is 1.53. The van der Waals surface area contributed by atoms with E-state index in [4.69, 9.17) is 0 Å². The van der Waals surface area contributed by atoms with Crippen LogP contribution in [0.4, 0.5) is 0 Å². The molecular weight excluding hydrogens is 122 g/mol. The summed E-state index contributed by atoms with van der Waals surface area (Å²) in [6.45, 7) is 7.85. The van der Waals surface area contributed by atoms with Crippen molar-refractivity contribution in [3.05, 3.63) is 12.7 Å². The molecule has 3 aliphatic heterocycles. The summed E-state index contributed by atoms with van der Waals surface area (Å²) in [5.74, 6) is 1.78. The zero-order chi connectivity index (χ0) is 6.97. The summed E-state index contributed by atoms with van der Waals surface area (Å²) < 4.78 is 0. The molecule has 0 N–H and O–H groups in total. The van der Waals surface area contributed by atoms with Crippen molar-refractivity contribution in [3.8, 4) is 0 Å². The first-order chi connectivity index (χ1) is 4.90. The minimum Gasteiger partial charge on any atom is -0.303 e. The van der Waals surface area contributed by atoms with Crippen molar-refractivity contribution in [2.24, 2.45) is 11.8 Å². The van der Waals surface area contributed by atoms with Crippen LogP contribution in [0.5, 0.6) is 0 Å². The first-order valence-corrected chi connectivity index (χ1v) is 4.25. The van der Waals surface area contributed by atoms with Crippen LogP contribution in [0.3, 0.4) is 0 Å². The van der Waals surface area contributed by atoms with Crippen molar-refractivity contribution < 1.29 is 0 Å². The molecule has 0 aromatic heterocycles. The molecule has 0 saturated carbocycles. The van der Waals surface area contributed by atoms with Gasteiger partial charge in [-0.3, -0.25) is 0 Å². The Hall–Kier alpha value is -0.300. The summed E-state index contributed by atoms with van der Waals surface area (Å²) in [4.78, 5) is 2.56. The lowest BCUT2D eigenvalue weighted by atomic mass is 9.79. The molecule has 1 atom stereocenters. The highest BCUT2D eigenvalue weighted by Crippen LogP contribution is 2.32. The maximum atomic E-state index is 3.88. The highest BCUT2D eigenvalue weighted by Gasteiger charge is 2.31. The monoisotopic (exact) mass is 137 g/mol. The molecular formula is C9H15N. The van der Waals surface area contributed by atoms with Gasteiger partial charge in [0.15, 0.2) is 0 Å². The van der Waals surface area contributed by atoms with Gasteiger partial charge in [0.1, 0.15) is 0 Å². The largest absolute Gasteiger partial charge is 0.303 e. The van der Waals surface area contributed by atoms with Crippen LogP contribution in [-0.2, 0) is 0 Å². The maximum absolute atomic E-state index is 3.88. The van der Waals surface area contributed by atoms with Gasteiger partial charge < -0.3 is 4.90 Å². The quantitative estimate of drug-likeness (QED) is 0.495. The normalized spacial score (nSPS) is 45.4. The first-order valence-electron chi connectivity index (χ1n) is 4.25. The summed E-state index contributed by atoms with van der Waals surface area (Å²) in [7, 11) is 0. The van der Waals surface area contributed by atoms with E-state index in [-0.39, 0.29) is 0 Å². The smallest absolute Gasteiger partial charge is 0.00469 e. The summed E-state index contributed by atoms with van der Waals surface area (Å²) in [6.07, 6.45) is 4.98. The van der Waals surface area contributed by atoms with Crippen LogP contribution in [0, 0.1) is 11.8 Å². The molecule has 3 aliphatic rings. The second-order valence-electron chi connectivity index (χ2n) is 3.54. The van der Waals surface area contributed by atoms with Crippen molar-refractivity contribution in [1.82, 2.24) is 4.90 Å². The number of nitrogens with zero attached hydrogens (tertiary/aromatic N) is 1. The lowest BCUT2D eigenvalue weighted by Gasteiger charge is -2.43. The molecule has 3 fully saturated rings. The van der Waals surface area contributed by atoms with E-state index in [2.05, 4.69) is 17.6 Å². The fraction of sp³-hybridized carbons (Fsp3) is 0.778. The zero-order valence-electron chi connectivity index (χ0n) is 6.42. The van der Waals surface area contributed by atoms with Gasteiger partial charge in [0.05, 0.1) is 0 Å². The molecule has 3 heterocycles. The molecule has 10 heavy (non-hydrogen) atoms. The standard InChI is InChI=1S/C9H15N/c1-2-8-7-10-5-3-9(8)4-6-10/h2,8-9H,1,3-7H2. The van der Waals surface area contributed by atoms with Gasteiger partial charge in [0, 0.05) is 6.54 Å². The topological polar surface area (TPSA) is 3.24 Å². The van der Waals surface area contributed by atoms with E-state index in [1.165, 1.54) is 32.5 Å². The van der Waals surface area contributed by atoms with Crippen LogP contribution in [0.2, 0.25) is 0 Å². The molecule has 0 aliphatic carbocycles. The third kappa shape index (κ3) is 0.891. The maximum Gasteiger partial charge on any atom is 0.00469 e. The predicted molar refractivity (Wildman–Crippen MR) is 42.9 cm³/mol. The van der Waals surface area contributed by atoms with Crippen molar-refractivity contribution in [2.45, 2.75) is 12.8 Å². The van der Waals surface area contributed by atoms with E-state index in [0.717, 1.165) is 11.8 Å². The fourth-order valence-electron chi connectivity index (χ4n) is 2.28. The van der Waals surface area contributed by atoms with E-state index in [0.29, 0.717) is 0 Å². The van der Waals surface area contributed by atoms with E-state index in [9.17, 15) is 0 Å². The van der Waals surface area contributed by atoms with Gasteiger partial charge in [0.2, 0.25) is 0 Å². The molecule has 0 aromatic rings. The first kappa shape index (κ1) is 6.41. The highest BCUT2D eigenvalue weighted by atomic mass is 15.1. The molecule has 1 nitrogen and oxygen atoms in total. The Balaban J connectivity index is 2.07. The molecule has 0 radical (unpaired) electrons. The number of hydrogen-bond acceptors (Lipinski definition) is 1. The molecule has 1 unspecified atom stereocenters. The van der Waals surface area contributed by atoms with E-state index >= 15 is 0 Å². The van der Waals surface area contributed by atoms with Gasteiger partial charge in [-0.05, 0) is 37.8 Å². The number of fused-ring (bicyclic) bond motifs is 3. The van der Waals surface area contributed by atoms with Gasteiger partial charge in [-0.15, -0.1) is 6.58 Å². The Morgan fingerprint density at radius 3 is 2.30 bits per heavy atom. The van der Waals surface area contributed by atoms with Crippen molar-refractivity contribution in [2.75, 3.05) is 19.6 Å². The highest BCUT2D eigenvalue weighted by molar-refractivity contribution is 4.94. The molecule has 0 aromatic carbocycles. The third-order valence-corrected chi connectivity index (χ3v) is 3.01. The predicted octanol–water partition coefficient (Wildman–Crippen LogP) is 1.51. The fourth-order valence-corrected chi connectivity index (χ4v) is 2.28. The zero-order valence-corrected chi connectivity index (χ0v) is 6.42. The molecule has 56 valence electrons. The van der Waals surface area contributed by atoms with Crippen molar-refractivity contribution in [1.29, 1.82) is 0 Å². The second kappa shape index (κ2) is 2.39. The van der Waals surface area contributed by atoms with E-state index < -0.39 is 0 Å². The van der Waals surface area contributed by atoms with Crippen LogP contribution in [0.25, 0.3) is 0 Å². The molecule has 3 saturated heterocycles. The van der Waals surface area contributed by atoms with Gasteiger partial charge in [-0.25, -0.2) is 0 Å². The Labute approximate surface area is 62.7 Å². The Morgan fingerprint density at radius 1 is 1.30 bits per heavy atom. The molecule has 0 amide bonds. The van der Waals surface area contributed by atoms with E-state index in [1.54, 1.807) is 0 Å². The lowest BCUT2D eigenvalue weighted by molar-refractivity contribution is 0.0738. The third-order valence-electron chi connectivity index (χ3n) is 3.01. The molecule has 1 heteroatoms. The molecule has 0 spiro atoms. The number of piperidine rings is 3. The van der Waals surface area contributed by atoms with Crippen LogP contribution in [-0.4, -0.2) is 24.5 Å². The van der Waals surface area contributed by atoms with Crippen LogP contribution < -0.4 is 0 Å². The molecule has 2 bridgehead atoms. The molecule has 3 rings (SSSR count). The second-order valence-corrected chi connectivity index (χ2v) is 3.54. The Bertz CT molecular complexity index is 134. The minimum atomic E-state index is 0.808. The number of hydrogen-bond donors (Lipinski definition) is 0. The summed E-state index contributed by atoms with van der Waals surface area (Å²) in [6, 6.07) is 0. The summed E-state index contributed by atoms with van der Waals surface area (Å²) in [5.41, 5.74) is 0.